The van der Waals surface area contributed by atoms with Crippen LogP contribution in [0.4, 0.5) is 4.79 Å². The Balaban J connectivity index is 3.87. The van der Waals surface area contributed by atoms with Crippen molar-refractivity contribution in [3.63, 3.8) is 0 Å². The zero-order chi connectivity index (χ0) is 10.1. The number of rotatable bonds is 6. The molecule has 1 amide bonds. The fraction of sp³-hybridized carbons (Fsp3) is 0.667. The first kappa shape index (κ1) is 12.0. The summed E-state index contributed by atoms with van der Waals surface area (Å²) in [7, 11) is 0. The highest BCUT2D eigenvalue weighted by Crippen LogP contribution is 1.96. The number of ether oxygens (including phenoxy) is 1. The van der Waals surface area contributed by atoms with Gasteiger partial charge in [-0.25, -0.2) is 4.79 Å². The summed E-state index contributed by atoms with van der Waals surface area (Å²) in [6.07, 6.45) is 2.13. The quantitative estimate of drug-likeness (QED) is 0.631. The molecule has 0 rings (SSSR count). The average Bonchev–Trinajstić information content (AvgIpc) is 2.14. The molecule has 0 heterocycles. The molecule has 0 saturated carbocycles. The Kier molecular flexibility index (Phi) is 7.01. The number of hydrogen-bond donors (Lipinski definition) is 1. The second kappa shape index (κ2) is 7.61. The van der Waals surface area contributed by atoms with Crippen LogP contribution in [-0.4, -0.2) is 42.4 Å². The van der Waals surface area contributed by atoms with Crippen LogP contribution in [0, 0.1) is 0 Å². The van der Waals surface area contributed by atoms with E-state index >= 15 is 0 Å². The van der Waals surface area contributed by atoms with Crippen LogP contribution in [0.15, 0.2) is 12.7 Å². The van der Waals surface area contributed by atoms with Gasteiger partial charge in [0.25, 0.3) is 0 Å². The van der Waals surface area contributed by atoms with Gasteiger partial charge in [-0.05, 0) is 6.42 Å². The summed E-state index contributed by atoms with van der Waals surface area (Å²) in [5.74, 6) is 0. The number of nitrogens with zero attached hydrogens (tertiary/aromatic N) is 1. The minimum atomic E-state index is -0.393. The number of aliphatic hydroxyl groups excluding tert-OH is 1. The number of carbonyl (C=O) groups excluding carboxylic acids is 1. The van der Waals surface area contributed by atoms with E-state index in [1.807, 2.05) is 6.92 Å². The van der Waals surface area contributed by atoms with Crippen molar-refractivity contribution < 1.29 is 14.6 Å². The Labute approximate surface area is 78.8 Å². The molecular weight excluding hydrogens is 170 g/mol. The highest BCUT2D eigenvalue weighted by atomic mass is 16.6. The van der Waals surface area contributed by atoms with E-state index in [1.54, 1.807) is 11.0 Å². The van der Waals surface area contributed by atoms with Crippen molar-refractivity contribution >= 4 is 6.09 Å². The fourth-order valence-electron chi connectivity index (χ4n) is 0.907. The standard InChI is InChI=1S/C9H17NO3/c1-3-5-10(6-4-2)9(12)13-8-7-11/h3,11H,1,4-8H2,2H3. The molecule has 0 aliphatic carbocycles. The van der Waals surface area contributed by atoms with Gasteiger partial charge in [-0.2, -0.15) is 0 Å². The van der Waals surface area contributed by atoms with Gasteiger partial charge >= 0.3 is 6.09 Å². The Morgan fingerprint density at radius 2 is 2.38 bits per heavy atom. The Hall–Kier alpha value is -1.03. The third kappa shape index (κ3) is 5.25. The lowest BCUT2D eigenvalue weighted by molar-refractivity contribution is 0.0873. The maximum Gasteiger partial charge on any atom is 0.410 e. The summed E-state index contributed by atoms with van der Waals surface area (Å²) in [6.45, 7) is 6.57. The lowest BCUT2D eigenvalue weighted by Gasteiger charge is -2.19. The van der Waals surface area contributed by atoms with E-state index in [2.05, 4.69) is 6.58 Å². The van der Waals surface area contributed by atoms with E-state index in [0.717, 1.165) is 6.42 Å². The van der Waals surface area contributed by atoms with Crippen molar-refractivity contribution in [2.75, 3.05) is 26.3 Å². The highest BCUT2D eigenvalue weighted by Gasteiger charge is 2.11. The van der Waals surface area contributed by atoms with Crippen LogP contribution >= 0.6 is 0 Å². The van der Waals surface area contributed by atoms with Crippen LogP contribution in [0.2, 0.25) is 0 Å². The molecule has 0 bridgehead atoms. The zero-order valence-electron chi connectivity index (χ0n) is 8.03. The molecule has 0 fully saturated rings. The topological polar surface area (TPSA) is 49.8 Å². The van der Waals surface area contributed by atoms with Gasteiger partial charge in [-0.3, -0.25) is 0 Å². The number of hydrogen-bond acceptors (Lipinski definition) is 3. The maximum absolute atomic E-state index is 11.2. The van der Waals surface area contributed by atoms with Gasteiger partial charge in [0.15, 0.2) is 0 Å². The third-order valence-corrected chi connectivity index (χ3v) is 1.42. The molecular formula is C9H17NO3. The van der Waals surface area contributed by atoms with Gasteiger partial charge in [-0.1, -0.05) is 13.0 Å². The molecule has 0 aliphatic heterocycles. The predicted molar refractivity (Wildman–Crippen MR) is 50.5 cm³/mol. The molecule has 0 saturated heterocycles. The van der Waals surface area contributed by atoms with Gasteiger partial charge in [-0.15, -0.1) is 6.58 Å². The lowest BCUT2D eigenvalue weighted by Crippen LogP contribution is -2.33. The van der Waals surface area contributed by atoms with Crippen molar-refractivity contribution in [2.45, 2.75) is 13.3 Å². The van der Waals surface area contributed by atoms with Gasteiger partial charge < -0.3 is 14.7 Å². The van der Waals surface area contributed by atoms with Crippen LogP contribution in [-0.2, 0) is 4.74 Å². The van der Waals surface area contributed by atoms with E-state index in [0.29, 0.717) is 13.1 Å². The van der Waals surface area contributed by atoms with E-state index in [9.17, 15) is 4.79 Å². The summed E-state index contributed by atoms with van der Waals surface area (Å²) >= 11 is 0. The number of amides is 1. The molecule has 13 heavy (non-hydrogen) atoms. The molecule has 0 aromatic carbocycles. The molecule has 0 spiro atoms. The van der Waals surface area contributed by atoms with Gasteiger partial charge in [0.05, 0.1) is 6.61 Å². The van der Waals surface area contributed by atoms with Crippen LogP contribution in [0.25, 0.3) is 0 Å². The summed E-state index contributed by atoms with van der Waals surface area (Å²) in [6, 6.07) is 0. The van der Waals surface area contributed by atoms with Gasteiger partial charge in [0.2, 0.25) is 0 Å². The molecule has 0 aromatic rings. The van der Waals surface area contributed by atoms with Crippen molar-refractivity contribution in [1.82, 2.24) is 4.90 Å². The molecule has 0 radical (unpaired) electrons. The lowest BCUT2D eigenvalue weighted by atomic mass is 10.4. The molecule has 4 heteroatoms. The first-order valence-corrected chi connectivity index (χ1v) is 4.39. The van der Waals surface area contributed by atoms with E-state index in [-0.39, 0.29) is 13.2 Å². The van der Waals surface area contributed by atoms with Crippen LogP contribution in [0.1, 0.15) is 13.3 Å². The first-order valence-electron chi connectivity index (χ1n) is 4.39. The SMILES string of the molecule is C=CCN(CCC)C(=O)OCCO. The summed E-state index contributed by atoms with van der Waals surface area (Å²) in [4.78, 5) is 12.8. The fourth-order valence-corrected chi connectivity index (χ4v) is 0.907. The van der Waals surface area contributed by atoms with Crippen molar-refractivity contribution in [3.05, 3.63) is 12.7 Å². The Morgan fingerprint density at radius 1 is 1.69 bits per heavy atom. The molecule has 76 valence electrons. The third-order valence-electron chi connectivity index (χ3n) is 1.42. The summed E-state index contributed by atoms with van der Waals surface area (Å²) < 4.78 is 4.75. The van der Waals surface area contributed by atoms with Crippen molar-refractivity contribution in [2.24, 2.45) is 0 Å². The number of carbonyl (C=O) groups is 1. The number of aliphatic hydroxyl groups is 1. The van der Waals surface area contributed by atoms with Crippen LogP contribution < -0.4 is 0 Å². The summed E-state index contributed by atoms with van der Waals surface area (Å²) in [5, 5.41) is 8.44. The van der Waals surface area contributed by atoms with Gasteiger partial charge in [0, 0.05) is 13.1 Å². The predicted octanol–water partition coefficient (Wildman–Crippen LogP) is 1.01. The molecule has 0 aromatic heterocycles. The second-order valence-corrected chi connectivity index (χ2v) is 2.57. The maximum atomic E-state index is 11.2. The highest BCUT2D eigenvalue weighted by molar-refractivity contribution is 5.67. The monoisotopic (exact) mass is 187 g/mol. The molecule has 0 atom stereocenters. The molecule has 0 unspecified atom stereocenters. The van der Waals surface area contributed by atoms with Crippen LogP contribution in [0.5, 0.6) is 0 Å². The van der Waals surface area contributed by atoms with Crippen molar-refractivity contribution in [1.29, 1.82) is 0 Å². The smallest absolute Gasteiger partial charge is 0.410 e. The zero-order valence-corrected chi connectivity index (χ0v) is 8.03. The van der Waals surface area contributed by atoms with E-state index < -0.39 is 6.09 Å². The summed E-state index contributed by atoms with van der Waals surface area (Å²) in [5.41, 5.74) is 0. The second-order valence-electron chi connectivity index (χ2n) is 2.57. The average molecular weight is 187 g/mol. The Morgan fingerprint density at radius 3 is 2.85 bits per heavy atom. The van der Waals surface area contributed by atoms with E-state index in [4.69, 9.17) is 9.84 Å². The van der Waals surface area contributed by atoms with Crippen molar-refractivity contribution in [3.8, 4) is 0 Å². The van der Waals surface area contributed by atoms with E-state index in [1.165, 1.54) is 0 Å². The normalized spacial score (nSPS) is 9.38. The Bertz CT molecular complexity index is 159. The minimum absolute atomic E-state index is 0.0518. The minimum Gasteiger partial charge on any atom is -0.447 e. The first-order chi connectivity index (χ1) is 6.26. The van der Waals surface area contributed by atoms with Gasteiger partial charge in [0.1, 0.15) is 6.61 Å². The molecule has 4 nitrogen and oxygen atoms in total. The molecule has 0 aliphatic rings. The van der Waals surface area contributed by atoms with Crippen LogP contribution in [0.3, 0.4) is 0 Å². The molecule has 1 N–H and O–H groups in total. The largest absolute Gasteiger partial charge is 0.447 e.